The van der Waals surface area contributed by atoms with Crippen LogP contribution in [0, 0.1) is 5.41 Å². The van der Waals surface area contributed by atoms with Crippen LogP contribution >= 0.6 is 11.6 Å². The van der Waals surface area contributed by atoms with E-state index in [1.165, 1.54) is 0 Å². The molecular formula is C7H6BClN2. The number of halogens is 1. The molecule has 0 aliphatic carbocycles. The first kappa shape index (κ1) is 8.14. The maximum atomic E-state index is 6.98. The van der Waals surface area contributed by atoms with E-state index in [1.807, 2.05) is 0 Å². The summed E-state index contributed by atoms with van der Waals surface area (Å²) in [5, 5.41) is 7.41. The first-order valence-corrected chi connectivity index (χ1v) is 3.38. The van der Waals surface area contributed by atoms with Crippen LogP contribution in [0.4, 0.5) is 5.69 Å². The minimum atomic E-state index is 0.363. The third kappa shape index (κ3) is 1.38. The molecule has 0 aliphatic rings. The molecule has 54 valence electrons. The van der Waals surface area contributed by atoms with E-state index in [2.05, 4.69) is 0 Å². The van der Waals surface area contributed by atoms with Gasteiger partial charge in [-0.25, -0.2) is 0 Å². The summed E-state index contributed by atoms with van der Waals surface area (Å²) in [6.45, 7) is 0. The van der Waals surface area contributed by atoms with Crippen LogP contribution < -0.4 is 11.2 Å². The molecule has 3 N–H and O–H groups in total. The Morgan fingerprint density at radius 3 is 2.64 bits per heavy atom. The van der Waals surface area contributed by atoms with Gasteiger partial charge < -0.3 is 11.1 Å². The van der Waals surface area contributed by atoms with Gasteiger partial charge in [0.1, 0.15) is 7.85 Å². The number of hydrogen-bond acceptors (Lipinski definition) is 2. The van der Waals surface area contributed by atoms with Crippen LogP contribution in [0.15, 0.2) is 12.1 Å². The SMILES string of the molecule is [B]c1c(Cl)ccc(N)c1C=N. The van der Waals surface area contributed by atoms with Crippen molar-refractivity contribution in [1.82, 2.24) is 0 Å². The molecule has 0 heterocycles. The van der Waals surface area contributed by atoms with Gasteiger partial charge in [0.15, 0.2) is 0 Å². The summed E-state index contributed by atoms with van der Waals surface area (Å²) in [6.07, 6.45) is 1.09. The molecule has 4 heteroatoms. The summed E-state index contributed by atoms with van der Waals surface area (Å²) in [5.41, 5.74) is 6.83. The Morgan fingerprint density at radius 2 is 2.18 bits per heavy atom. The Balaban J connectivity index is 3.40. The molecule has 2 radical (unpaired) electrons. The monoisotopic (exact) mass is 164 g/mol. The van der Waals surface area contributed by atoms with Crippen LogP contribution in [0.5, 0.6) is 0 Å². The average Bonchev–Trinajstić information content (AvgIpc) is 1.99. The molecule has 0 saturated carbocycles. The summed E-state index contributed by atoms with van der Waals surface area (Å²) < 4.78 is 0. The zero-order chi connectivity index (χ0) is 8.43. The second-order valence-electron chi connectivity index (χ2n) is 2.11. The average molecular weight is 164 g/mol. The molecule has 0 aromatic heterocycles. The quantitative estimate of drug-likeness (QED) is 0.359. The molecule has 1 aromatic rings. The lowest BCUT2D eigenvalue weighted by atomic mass is 9.90. The van der Waals surface area contributed by atoms with Crippen LogP contribution in [0.2, 0.25) is 5.02 Å². The Morgan fingerprint density at radius 1 is 1.55 bits per heavy atom. The predicted octanol–water partition coefficient (Wildman–Crippen LogP) is 0.714. The molecule has 0 atom stereocenters. The molecule has 2 nitrogen and oxygen atoms in total. The van der Waals surface area contributed by atoms with Gasteiger partial charge in [0, 0.05) is 22.5 Å². The van der Waals surface area contributed by atoms with Crippen molar-refractivity contribution in [2.24, 2.45) is 0 Å². The van der Waals surface area contributed by atoms with Crippen LogP contribution in [-0.2, 0) is 0 Å². The zero-order valence-electron chi connectivity index (χ0n) is 5.76. The van der Waals surface area contributed by atoms with Crippen molar-refractivity contribution in [3.8, 4) is 0 Å². The Kier molecular flexibility index (Phi) is 2.20. The lowest BCUT2D eigenvalue weighted by Crippen LogP contribution is -2.13. The van der Waals surface area contributed by atoms with Gasteiger partial charge in [0.05, 0.1) is 0 Å². The van der Waals surface area contributed by atoms with Gasteiger partial charge in [-0.3, -0.25) is 0 Å². The standard InChI is InChI=1S/C7H6BClN2/c8-7-4(3-10)6(11)2-1-5(7)9/h1-3,10H,11H2. The number of nitrogens with one attached hydrogen (secondary N) is 1. The number of nitrogen functional groups attached to an aromatic ring is 1. The maximum absolute atomic E-state index is 6.98. The fourth-order valence-corrected chi connectivity index (χ4v) is 0.953. The van der Waals surface area contributed by atoms with Crippen molar-refractivity contribution < 1.29 is 0 Å². The van der Waals surface area contributed by atoms with Crippen molar-refractivity contribution in [3.63, 3.8) is 0 Å². The van der Waals surface area contributed by atoms with E-state index < -0.39 is 0 Å². The largest absolute Gasteiger partial charge is 0.398 e. The normalized spacial score (nSPS) is 9.55. The second kappa shape index (κ2) is 2.97. The highest BCUT2D eigenvalue weighted by Crippen LogP contribution is 2.12. The lowest BCUT2D eigenvalue weighted by molar-refractivity contribution is 1.55. The number of anilines is 1. The van der Waals surface area contributed by atoms with E-state index in [0.717, 1.165) is 6.21 Å². The highest BCUT2D eigenvalue weighted by Gasteiger charge is 2.02. The van der Waals surface area contributed by atoms with E-state index in [-0.39, 0.29) is 0 Å². The number of benzene rings is 1. The summed E-state index contributed by atoms with van der Waals surface area (Å²) in [7, 11) is 5.53. The fraction of sp³-hybridized carbons (Fsp3) is 0. The van der Waals surface area contributed by atoms with Crippen LogP contribution in [-0.4, -0.2) is 14.1 Å². The summed E-state index contributed by atoms with van der Waals surface area (Å²) in [6, 6.07) is 3.23. The molecule has 11 heavy (non-hydrogen) atoms. The fourth-order valence-electron chi connectivity index (χ4n) is 0.788. The van der Waals surface area contributed by atoms with E-state index in [4.69, 9.17) is 30.6 Å². The van der Waals surface area contributed by atoms with Gasteiger partial charge in [-0.2, -0.15) is 0 Å². The first-order valence-electron chi connectivity index (χ1n) is 3.00. The van der Waals surface area contributed by atoms with E-state index >= 15 is 0 Å². The van der Waals surface area contributed by atoms with Gasteiger partial charge in [-0.1, -0.05) is 17.1 Å². The van der Waals surface area contributed by atoms with Crippen molar-refractivity contribution in [2.45, 2.75) is 0 Å². The molecule has 0 unspecified atom stereocenters. The molecule has 0 amide bonds. The van der Waals surface area contributed by atoms with E-state index in [0.29, 0.717) is 21.7 Å². The molecule has 0 saturated heterocycles. The van der Waals surface area contributed by atoms with E-state index in [1.54, 1.807) is 12.1 Å². The van der Waals surface area contributed by atoms with Crippen LogP contribution in [0.3, 0.4) is 0 Å². The molecular weight excluding hydrogens is 158 g/mol. The molecule has 0 fully saturated rings. The topological polar surface area (TPSA) is 49.9 Å². The second-order valence-corrected chi connectivity index (χ2v) is 2.52. The van der Waals surface area contributed by atoms with Crippen molar-refractivity contribution in [1.29, 1.82) is 5.41 Å². The molecule has 0 spiro atoms. The first-order chi connectivity index (χ1) is 5.16. The van der Waals surface area contributed by atoms with Crippen LogP contribution in [0.25, 0.3) is 0 Å². The molecule has 0 bridgehead atoms. The summed E-state index contributed by atoms with van der Waals surface area (Å²) in [5.74, 6) is 0. The third-order valence-corrected chi connectivity index (χ3v) is 1.74. The Labute approximate surface area is 71.3 Å². The number of hydrogen-bond donors (Lipinski definition) is 2. The predicted molar refractivity (Wildman–Crippen MR) is 49.1 cm³/mol. The Hall–Kier alpha value is -0.955. The van der Waals surface area contributed by atoms with Gasteiger partial charge >= 0.3 is 0 Å². The van der Waals surface area contributed by atoms with Crippen LogP contribution in [0.1, 0.15) is 5.56 Å². The molecule has 1 rings (SSSR count). The van der Waals surface area contributed by atoms with Gasteiger partial charge in [-0.05, 0) is 12.1 Å². The smallest absolute Gasteiger partial charge is 0.116 e. The minimum Gasteiger partial charge on any atom is -0.398 e. The molecule has 1 aromatic carbocycles. The van der Waals surface area contributed by atoms with E-state index in [9.17, 15) is 0 Å². The Bertz CT molecular complexity index is 299. The van der Waals surface area contributed by atoms with Crippen molar-refractivity contribution in [2.75, 3.05) is 5.73 Å². The van der Waals surface area contributed by atoms with Gasteiger partial charge in [0.2, 0.25) is 0 Å². The van der Waals surface area contributed by atoms with Crippen molar-refractivity contribution in [3.05, 3.63) is 22.7 Å². The number of nitrogens with two attached hydrogens (primary N) is 1. The summed E-state index contributed by atoms with van der Waals surface area (Å²) >= 11 is 5.68. The van der Waals surface area contributed by atoms with Crippen molar-refractivity contribution >= 4 is 36.8 Å². The highest BCUT2D eigenvalue weighted by molar-refractivity contribution is 6.47. The highest BCUT2D eigenvalue weighted by atomic mass is 35.5. The third-order valence-electron chi connectivity index (χ3n) is 1.41. The zero-order valence-corrected chi connectivity index (χ0v) is 6.52. The minimum absolute atomic E-state index is 0.363. The van der Waals surface area contributed by atoms with Gasteiger partial charge in [-0.15, -0.1) is 0 Å². The maximum Gasteiger partial charge on any atom is 0.116 e. The summed E-state index contributed by atoms with van der Waals surface area (Å²) in [4.78, 5) is 0. The van der Waals surface area contributed by atoms with Gasteiger partial charge in [0.25, 0.3) is 0 Å². The number of rotatable bonds is 1. The molecule has 0 aliphatic heterocycles. The lowest BCUT2D eigenvalue weighted by Gasteiger charge is -2.05.